The van der Waals surface area contributed by atoms with Gasteiger partial charge in [-0.1, -0.05) is 6.07 Å². The maximum atomic E-state index is 12.1. The second kappa shape index (κ2) is 6.65. The van der Waals surface area contributed by atoms with Crippen LogP contribution in [0.25, 0.3) is 22.2 Å². The van der Waals surface area contributed by atoms with E-state index < -0.39 is 6.67 Å². The average molecular weight is 310 g/mol. The van der Waals surface area contributed by atoms with Crippen LogP contribution >= 0.6 is 0 Å². The van der Waals surface area contributed by atoms with E-state index in [-0.39, 0.29) is 6.61 Å². The first-order chi connectivity index (χ1) is 11.2. The Morgan fingerprint density at radius 1 is 1.00 bits per heavy atom. The molecule has 1 aromatic heterocycles. The Balaban J connectivity index is 1.89. The van der Waals surface area contributed by atoms with Crippen molar-refractivity contribution in [2.75, 3.05) is 32.3 Å². The molecule has 4 heteroatoms. The van der Waals surface area contributed by atoms with Crippen molar-refractivity contribution in [3.63, 3.8) is 0 Å². The Bertz CT molecular complexity index is 800. The maximum absolute atomic E-state index is 12.1. The van der Waals surface area contributed by atoms with Crippen LogP contribution in [0.15, 0.2) is 54.6 Å². The number of fused-ring (bicyclic) bond motifs is 1. The fraction of sp³-hybridized carbons (Fsp3) is 0.211. The topological polar surface area (TPSA) is 25.4 Å². The van der Waals surface area contributed by atoms with Crippen LogP contribution < -0.4 is 9.64 Å². The molecule has 0 N–H and O–H groups in total. The molecule has 0 bridgehead atoms. The standard InChI is InChI=1S/C19H19FN2O/c1-22(2)16-6-10-19-15(13-16)5-9-18(21-19)14-3-7-17(8-4-14)23-12-11-20/h3-10,13H,11-12H2,1-2H3. The molecular weight excluding hydrogens is 291 g/mol. The van der Waals surface area contributed by atoms with Gasteiger partial charge in [0, 0.05) is 30.7 Å². The number of hydrogen-bond acceptors (Lipinski definition) is 3. The van der Waals surface area contributed by atoms with Crippen LogP contribution in [0.5, 0.6) is 5.75 Å². The van der Waals surface area contributed by atoms with Crippen molar-refractivity contribution in [1.82, 2.24) is 4.98 Å². The monoisotopic (exact) mass is 310 g/mol. The van der Waals surface area contributed by atoms with Crippen molar-refractivity contribution in [3.05, 3.63) is 54.6 Å². The fourth-order valence-electron chi connectivity index (χ4n) is 2.43. The number of benzene rings is 2. The van der Waals surface area contributed by atoms with Gasteiger partial charge < -0.3 is 9.64 Å². The van der Waals surface area contributed by atoms with E-state index in [1.54, 1.807) is 0 Å². The third kappa shape index (κ3) is 3.42. The van der Waals surface area contributed by atoms with Crippen molar-refractivity contribution < 1.29 is 9.13 Å². The molecular formula is C19H19FN2O. The highest BCUT2D eigenvalue weighted by Crippen LogP contribution is 2.25. The Labute approximate surface area is 135 Å². The number of ether oxygens (including phenoxy) is 1. The summed E-state index contributed by atoms with van der Waals surface area (Å²) in [6.07, 6.45) is 0. The van der Waals surface area contributed by atoms with Gasteiger partial charge in [0.2, 0.25) is 0 Å². The molecule has 0 unspecified atom stereocenters. The predicted molar refractivity (Wildman–Crippen MR) is 93.0 cm³/mol. The van der Waals surface area contributed by atoms with Crippen LogP contribution in [-0.2, 0) is 0 Å². The Morgan fingerprint density at radius 3 is 2.48 bits per heavy atom. The molecule has 3 aromatic rings. The van der Waals surface area contributed by atoms with E-state index in [0.29, 0.717) is 5.75 Å². The summed E-state index contributed by atoms with van der Waals surface area (Å²) >= 11 is 0. The quantitative estimate of drug-likeness (QED) is 0.702. The SMILES string of the molecule is CN(C)c1ccc2nc(-c3ccc(OCCF)cc3)ccc2c1. The normalized spacial score (nSPS) is 10.7. The highest BCUT2D eigenvalue weighted by molar-refractivity contribution is 5.84. The first-order valence-electron chi connectivity index (χ1n) is 7.55. The van der Waals surface area contributed by atoms with Crippen LogP contribution in [0.3, 0.4) is 0 Å². The summed E-state index contributed by atoms with van der Waals surface area (Å²) in [7, 11) is 4.05. The van der Waals surface area contributed by atoms with Crippen LogP contribution in [-0.4, -0.2) is 32.4 Å². The van der Waals surface area contributed by atoms with Crippen molar-refractivity contribution in [2.24, 2.45) is 0 Å². The Hall–Kier alpha value is -2.62. The number of pyridine rings is 1. The molecule has 0 amide bonds. The summed E-state index contributed by atoms with van der Waals surface area (Å²) in [6, 6.07) is 17.9. The lowest BCUT2D eigenvalue weighted by atomic mass is 10.1. The third-order valence-electron chi connectivity index (χ3n) is 3.69. The van der Waals surface area contributed by atoms with E-state index >= 15 is 0 Å². The van der Waals surface area contributed by atoms with E-state index in [1.165, 1.54) is 0 Å². The summed E-state index contributed by atoms with van der Waals surface area (Å²) in [5.74, 6) is 0.669. The van der Waals surface area contributed by atoms with Gasteiger partial charge >= 0.3 is 0 Å². The molecule has 0 aliphatic rings. The van der Waals surface area contributed by atoms with Gasteiger partial charge in [-0.3, -0.25) is 0 Å². The molecule has 3 nitrogen and oxygen atoms in total. The van der Waals surface area contributed by atoms with Gasteiger partial charge in [0.15, 0.2) is 0 Å². The lowest BCUT2D eigenvalue weighted by Gasteiger charge is -2.13. The van der Waals surface area contributed by atoms with Gasteiger partial charge in [0.25, 0.3) is 0 Å². The molecule has 3 rings (SSSR count). The van der Waals surface area contributed by atoms with Crippen molar-refractivity contribution in [3.8, 4) is 17.0 Å². The largest absolute Gasteiger partial charge is 0.491 e. The first-order valence-corrected chi connectivity index (χ1v) is 7.55. The van der Waals surface area contributed by atoms with E-state index in [2.05, 4.69) is 23.1 Å². The maximum Gasteiger partial charge on any atom is 0.123 e. The van der Waals surface area contributed by atoms with Gasteiger partial charge in [-0.15, -0.1) is 0 Å². The van der Waals surface area contributed by atoms with E-state index in [1.807, 2.05) is 50.5 Å². The number of alkyl halides is 1. The minimum atomic E-state index is -0.483. The minimum absolute atomic E-state index is 0.0851. The van der Waals surface area contributed by atoms with Crippen LogP contribution in [0.2, 0.25) is 0 Å². The van der Waals surface area contributed by atoms with E-state index in [4.69, 9.17) is 9.72 Å². The second-order valence-corrected chi connectivity index (χ2v) is 5.53. The van der Waals surface area contributed by atoms with E-state index in [0.717, 1.165) is 27.8 Å². The Morgan fingerprint density at radius 2 is 1.78 bits per heavy atom. The highest BCUT2D eigenvalue weighted by Gasteiger charge is 2.04. The molecule has 0 aliphatic heterocycles. The summed E-state index contributed by atoms with van der Waals surface area (Å²) in [5.41, 5.74) is 4.04. The van der Waals surface area contributed by atoms with Gasteiger partial charge in [-0.2, -0.15) is 0 Å². The number of halogens is 1. The van der Waals surface area contributed by atoms with Crippen molar-refractivity contribution in [1.29, 1.82) is 0 Å². The summed E-state index contributed by atoms with van der Waals surface area (Å²) in [5, 5.41) is 1.11. The molecule has 0 saturated heterocycles. The number of hydrogen-bond donors (Lipinski definition) is 0. The Kier molecular flexibility index (Phi) is 4.42. The van der Waals surface area contributed by atoms with Gasteiger partial charge in [0.05, 0.1) is 11.2 Å². The zero-order valence-corrected chi connectivity index (χ0v) is 13.3. The van der Waals surface area contributed by atoms with Crippen molar-refractivity contribution in [2.45, 2.75) is 0 Å². The first kappa shape index (κ1) is 15.3. The van der Waals surface area contributed by atoms with Gasteiger partial charge in [0.1, 0.15) is 19.0 Å². The molecule has 0 atom stereocenters. The van der Waals surface area contributed by atoms with Gasteiger partial charge in [-0.05, 0) is 48.5 Å². The summed E-state index contributed by atoms with van der Waals surface area (Å²) < 4.78 is 17.4. The molecule has 0 radical (unpaired) electrons. The molecule has 0 aliphatic carbocycles. The predicted octanol–water partition coefficient (Wildman–Crippen LogP) is 4.32. The summed E-state index contributed by atoms with van der Waals surface area (Å²) in [6.45, 7) is -0.398. The number of rotatable bonds is 5. The van der Waals surface area contributed by atoms with Crippen LogP contribution in [0.4, 0.5) is 10.1 Å². The fourth-order valence-corrected chi connectivity index (χ4v) is 2.43. The third-order valence-corrected chi connectivity index (χ3v) is 3.69. The number of anilines is 1. The molecule has 1 heterocycles. The zero-order chi connectivity index (χ0) is 16.2. The lowest BCUT2D eigenvalue weighted by molar-refractivity contribution is 0.273. The minimum Gasteiger partial charge on any atom is -0.491 e. The van der Waals surface area contributed by atoms with Gasteiger partial charge in [-0.25, -0.2) is 9.37 Å². The van der Waals surface area contributed by atoms with E-state index in [9.17, 15) is 4.39 Å². The molecule has 0 fully saturated rings. The van der Waals surface area contributed by atoms with Crippen molar-refractivity contribution >= 4 is 16.6 Å². The molecule has 118 valence electrons. The molecule has 0 spiro atoms. The smallest absolute Gasteiger partial charge is 0.123 e. The molecule has 23 heavy (non-hydrogen) atoms. The van der Waals surface area contributed by atoms with Crippen LogP contribution in [0.1, 0.15) is 0 Å². The second-order valence-electron chi connectivity index (χ2n) is 5.53. The summed E-state index contributed by atoms with van der Waals surface area (Å²) in [4.78, 5) is 6.79. The highest BCUT2D eigenvalue weighted by atomic mass is 19.1. The number of nitrogens with zero attached hydrogens (tertiary/aromatic N) is 2. The molecule has 0 saturated carbocycles. The zero-order valence-electron chi connectivity index (χ0n) is 13.3. The lowest BCUT2D eigenvalue weighted by Crippen LogP contribution is -2.08. The number of aromatic nitrogens is 1. The van der Waals surface area contributed by atoms with Crippen LogP contribution in [0, 0.1) is 0 Å². The average Bonchev–Trinajstić information content (AvgIpc) is 2.59. The molecule has 2 aromatic carbocycles.